The number of ether oxygens (including phenoxy) is 2. The van der Waals surface area contributed by atoms with Crippen molar-refractivity contribution < 1.29 is 19.4 Å². The second-order valence-electron chi connectivity index (χ2n) is 7.76. The topological polar surface area (TPSA) is 112 Å². The summed E-state index contributed by atoms with van der Waals surface area (Å²) in [4.78, 5) is 27.7. The highest BCUT2D eigenvalue weighted by molar-refractivity contribution is 6.33. The first kappa shape index (κ1) is 22.6. The number of aromatic amines is 1. The summed E-state index contributed by atoms with van der Waals surface area (Å²) in [7, 11) is 2.89. The van der Waals surface area contributed by atoms with Gasteiger partial charge in [-0.3, -0.25) is 9.59 Å². The van der Waals surface area contributed by atoms with Crippen LogP contribution in [0.5, 0.6) is 5.75 Å². The van der Waals surface area contributed by atoms with Crippen molar-refractivity contribution in [2.75, 3.05) is 20.8 Å². The van der Waals surface area contributed by atoms with E-state index < -0.39 is 17.4 Å². The number of halogens is 1. The molecule has 33 heavy (non-hydrogen) atoms. The molecule has 1 aromatic heterocycles. The van der Waals surface area contributed by atoms with Crippen LogP contribution < -0.4 is 10.3 Å². The second kappa shape index (κ2) is 9.10. The van der Waals surface area contributed by atoms with Gasteiger partial charge in [-0.15, -0.1) is 0 Å². The van der Waals surface area contributed by atoms with Gasteiger partial charge in [0.15, 0.2) is 0 Å². The third-order valence-corrected chi connectivity index (χ3v) is 6.27. The molecule has 0 bridgehead atoms. The monoisotopic (exact) mass is 464 g/mol. The Morgan fingerprint density at radius 1 is 1.24 bits per heavy atom. The minimum Gasteiger partial charge on any atom is -0.495 e. The minimum absolute atomic E-state index is 0.0210. The summed E-state index contributed by atoms with van der Waals surface area (Å²) in [5, 5.41) is 20.5. The number of nitriles is 1. The summed E-state index contributed by atoms with van der Waals surface area (Å²) >= 11 is 6.50. The maximum Gasteiger partial charge on any atom is 0.311 e. The Hall–Kier alpha value is -3.60. The number of hydrogen-bond donors (Lipinski definition) is 2. The lowest BCUT2D eigenvalue weighted by Crippen LogP contribution is -2.24. The number of H-pyrrole nitrogens is 1. The molecule has 1 unspecified atom stereocenters. The number of nitrogens with zero attached hydrogens (tertiary/aromatic N) is 1. The van der Waals surface area contributed by atoms with Crippen LogP contribution in [0.4, 0.5) is 0 Å². The van der Waals surface area contributed by atoms with Crippen LogP contribution in [-0.4, -0.2) is 36.9 Å². The minimum atomic E-state index is -1.17. The largest absolute Gasteiger partial charge is 0.495 e. The average Bonchev–Trinajstić information content (AvgIpc) is 3.17. The summed E-state index contributed by atoms with van der Waals surface area (Å²) in [6.45, 7) is 0.144. The molecule has 2 N–H and O–H groups in total. The summed E-state index contributed by atoms with van der Waals surface area (Å²) in [6, 6.07) is 11.4. The molecule has 1 atom stereocenters. The molecule has 4 rings (SSSR count). The molecule has 8 heteroatoms. The molecule has 2 aromatic carbocycles. The van der Waals surface area contributed by atoms with E-state index in [4.69, 9.17) is 21.1 Å². The smallest absolute Gasteiger partial charge is 0.311 e. The lowest BCUT2D eigenvalue weighted by molar-refractivity contribution is -0.139. The van der Waals surface area contributed by atoms with Gasteiger partial charge in [0.1, 0.15) is 5.75 Å². The van der Waals surface area contributed by atoms with Crippen LogP contribution >= 0.6 is 11.6 Å². The first-order valence-corrected chi connectivity index (χ1v) is 10.7. The van der Waals surface area contributed by atoms with E-state index in [1.54, 1.807) is 12.1 Å². The van der Waals surface area contributed by atoms with E-state index in [0.29, 0.717) is 22.6 Å². The van der Waals surface area contributed by atoms with Crippen LogP contribution in [0.1, 0.15) is 34.6 Å². The van der Waals surface area contributed by atoms with E-state index >= 15 is 0 Å². The van der Waals surface area contributed by atoms with Crippen LogP contribution in [-0.2, 0) is 16.0 Å². The van der Waals surface area contributed by atoms with E-state index in [9.17, 15) is 20.0 Å². The van der Waals surface area contributed by atoms with E-state index in [-0.39, 0.29) is 29.9 Å². The van der Waals surface area contributed by atoms with Gasteiger partial charge >= 0.3 is 5.97 Å². The highest BCUT2D eigenvalue weighted by Gasteiger charge is 2.31. The Morgan fingerprint density at radius 3 is 2.70 bits per heavy atom. The number of carboxylic acids is 1. The van der Waals surface area contributed by atoms with Crippen molar-refractivity contribution in [3.05, 3.63) is 74.2 Å². The number of carbonyl (C=O) groups is 1. The predicted molar refractivity (Wildman–Crippen MR) is 124 cm³/mol. The van der Waals surface area contributed by atoms with Gasteiger partial charge in [0.05, 0.1) is 24.7 Å². The van der Waals surface area contributed by atoms with E-state index in [1.165, 1.54) is 20.4 Å². The number of pyridine rings is 1. The zero-order valence-corrected chi connectivity index (χ0v) is 18.8. The van der Waals surface area contributed by atoms with E-state index in [0.717, 1.165) is 22.3 Å². The van der Waals surface area contributed by atoms with E-state index in [1.807, 2.05) is 18.2 Å². The maximum absolute atomic E-state index is 13.0. The standard InChI is InChI=1S/C25H21ClN2O5/c1-32-7-6-16(25(30)31)23-22(20(33-2)12-28-24(23)29)18-10-17-14(9-15(18)11-27)8-13-4-3-5-19(26)21(13)17/h3-5,9-10,12,16H,6-8H2,1-2H3,(H,28,29)(H,30,31). The fourth-order valence-electron chi connectivity index (χ4n) is 4.47. The van der Waals surface area contributed by atoms with Crippen molar-refractivity contribution in [1.29, 1.82) is 5.26 Å². The predicted octanol–water partition coefficient (Wildman–Crippen LogP) is 4.35. The molecular weight excluding hydrogens is 444 g/mol. The van der Waals surface area contributed by atoms with Gasteiger partial charge in [-0.1, -0.05) is 23.7 Å². The number of aromatic nitrogens is 1. The Morgan fingerprint density at radius 2 is 2.03 bits per heavy atom. The molecule has 0 saturated carbocycles. The van der Waals surface area contributed by atoms with Gasteiger partial charge in [0.25, 0.3) is 5.56 Å². The third-order valence-electron chi connectivity index (χ3n) is 5.96. The number of methoxy groups -OCH3 is 2. The van der Waals surface area contributed by atoms with Gasteiger partial charge in [-0.2, -0.15) is 5.26 Å². The van der Waals surface area contributed by atoms with Crippen LogP contribution in [0, 0.1) is 11.3 Å². The number of hydrogen-bond acceptors (Lipinski definition) is 5. The third kappa shape index (κ3) is 3.88. The summed E-state index contributed by atoms with van der Waals surface area (Å²) in [5.74, 6) is -2.06. The summed E-state index contributed by atoms with van der Waals surface area (Å²) in [5.41, 5.74) is 4.19. The molecule has 0 saturated heterocycles. The van der Waals surface area contributed by atoms with Crippen molar-refractivity contribution >= 4 is 17.6 Å². The molecule has 1 aliphatic rings. The fourth-order valence-corrected chi connectivity index (χ4v) is 4.77. The van der Waals surface area contributed by atoms with Crippen LogP contribution in [0.3, 0.4) is 0 Å². The molecule has 0 radical (unpaired) electrons. The SMILES string of the molecule is COCCC(C(=O)O)c1c(-c2cc3c(cc2C#N)Cc2cccc(Cl)c2-3)c(OC)c[nH]c1=O. The number of fused-ring (bicyclic) bond motifs is 3. The number of carboxylic acid groups (broad SMARTS) is 1. The number of benzene rings is 2. The normalized spacial score (nSPS) is 12.5. The van der Waals surface area contributed by atoms with Gasteiger partial charge in [-0.25, -0.2) is 0 Å². The van der Waals surface area contributed by atoms with Gasteiger partial charge in [0.2, 0.25) is 0 Å². The molecule has 168 valence electrons. The molecule has 1 heterocycles. The summed E-state index contributed by atoms with van der Waals surface area (Å²) < 4.78 is 10.6. The van der Waals surface area contributed by atoms with Gasteiger partial charge in [0, 0.05) is 47.2 Å². The first-order chi connectivity index (χ1) is 15.9. The lowest BCUT2D eigenvalue weighted by Gasteiger charge is -2.20. The van der Waals surface area contributed by atoms with Gasteiger partial charge < -0.3 is 19.6 Å². The van der Waals surface area contributed by atoms with Crippen molar-refractivity contribution in [1.82, 2.24) is 4.98 Å². The lowest BCUT2D eigenvalue weighted by atomic mass is 9.86. The quantitative estimate of drug-likeness (QED) is 0.420. The molecule has 7 nitrogen and oxygen atoms in total. The Kier molecular flexibility index (Phi) is 6.23. The first-order valence-electron chi connectivity index (χ1n) is 10.3. The molecule has 0 fully saturated rings. The van der Waals surface area contributed by atoms with Crippen molar-refractivity contribution in [2.45, 2.75) is 18.8 Å². The molecule has 0 spiro atoms. The Balaban J connectivity index is 2.05. The molecule has 0 amide bonds. The highest BCUT2D eigenvalue weighted by atomic mass is 35.5. The molecular formula is C25H21ClN2O5. The van der Waals surface area contributed by atoms with Crippen molar-refractivity contribution in [3.63, 3.8) is 0 Å². The summed E-state index contributed by atoms with van der Waals surface area (Å²) in [6.07, 6.45) is 2.09. The van der Waals surface area contributed by atoms with Crippen LogP contribution in [0.2, 0.25) is 5.02 Å². The molecule has 3 aromatic rings. The molecule has 0 aliphatic heterocycles. The van der Waals surface area contributed by atoms with Crippen LogP contribution in [0.25, 0.3) is 22.3 Å². The van der Waals surface area contributed by atoms with Crippen molar-refractivity contribution in [3.8, 4) is 34.1 Å². The molecule has 1 aliphatic carbocycles. The number of rotatable bonds is 7. The highest BCUT2D eigenvalue weighted by Crippen LogP contribution is 2.46. The van der Waals surface area contributed by atoms with Crippen LogP contribution in [0.15, 0.2) is 41.3 Å². The average molecular weight is 465 g/mol. The van der Waals surface area contributed by atoms with Crippen molar-refractivity contribution in [2.24, 2.45) is 0 Å². The van der Waals surface area contributed by atoms with E-state index in [2.05, 4.69) is 11.1 Å². The number of aliphatic carboxylic acids is 1. The Labute approximate surface area is 195 Å². The second-order valence-corrected chi connectivity index (χ2v) is 8.17. The zero-order chi connectivity index (χ0) is 23.7. The zero-order valence-electron chi connectivity index (χ0n) is 18.1. The fraction of sp³-hybridized carbons (Fsp3) is 0.240. The number of nitrogens with one attached hydrogen (secondary N) is 1. The van der Waals surface area contributed by atoms with Gasteiger partial charge in [-0.05, 0) is 47.7 Å². The maximum atomic E-state index is 13.0. The Bertz CT molecular complexity index is 1360.